The zero-order chi connectivity index (χ0) is 23.3. The Hall–Kier alpha value is -2.81. The molecule has 1 unspecified atom stereocenters. The van der Waals surface area contributed by atoms with E-state index < -0.39 is 0 Å². The van der Waals surface area contributed by atoms with Gasteiger partial charge in [-0.1, -0.05) is 6.07 Å². The van der Waals surface area contributed by atoms with Crippen molar-refractivity contribution in [2.24, 2.45) is 0 Å². The minimum Gasteiger partial charge on any atom is -0.493 e. The normalized spacial score (nSPS) is 14.8. The van der Waals surface area contributed by atoms with E-state index in [0.717, 1.165) is 35.1 Å². The number of nitrogens with zero attached hydrogens (tertiary/aromatic N) is 1. The van der Waals surface area contributed by atoms with Crippen molar-refractivity contribution < 1.29 is 24.4 Å². The topological polar surface area (TPSA) is 100 Å². The summed E-state index contributed by atoms with van der Waals surface area (Å²) in [5, 5.41) is 22.2. The van der Waals surface area contributed by atoms with E-state index in [9.17, 15) is 15.0 Å². The minimum atomic E-state index is -0.170. The smallest absolute Gasteiger partial charge is 0.203 e. The Labute approximate surface area is 188 Å². The predicted octanol–water partition coefficient (Wildman–Crippen LogP) is 1.74. The van der Waals surface area contributed by atoms with Gasteiger partial charge in [0.05, 0.1) is 40.2 Å². The van der Waals surface area contributed by atoms with Crippen molar-refractivity contribution in [2.45, 2.75) is 18.9 Å². The molecule has 0 radical (unpaired) electrons. The Balaban J connectivity index is 2.35. The summed E-state index contributed by atoms with van der Waals surface area (Å²) in [6.45, 7) is 0.269. The third-order valence-electron chi connectivity index (χ3n) is 5.95. The summed E-state index contributed by atoms with van der Waals surface area (Å²) in [6.07, 6.45) is 1.54. The van der Waals surface area contributed by atoms with Gasteiger partial charge in [-0.15, -0.1) is 0 Å². The van der Waals surface area contributed by atoms with Gasteiger partial charge < -0.3 is 34.6 Å². The molecule has 0 saturated carbocycles. The molecule has 0 amide bonds. The predicted molar refractivity (Wildman–Crippen MR) is 124 cm³/mol. The van der Waals surface area contributed by atoms with E-state index in [4.69, 9.17) is 14.2 Å². The van der Waals surface area contributed by atoms with Crippen LogP contribution in [0.15, 0.2) is 29.1 Å². The van der Waals surface area contributed by atoms with Crippen molar-refractivity contribution in [1.29, 1.82) is 0 Å². The van der Waals surface area contributed by atoms with Gasteiger partial charge in [-0.2, -0.15) is 0 Å². The van der Waals surface area contributed by atoms with Gasteiger partial charge in [-0.05, 0) is 54.8 Å². The van der Waals surface area contributed by atoms with E-state index in [-0.39, 0.29) is 37.8 Å². The Bertz CT molecular complexity index is 1000. The fourth-order valence-electron chi connectivity index (χ4n) is 4.46. The van der Waals surface area contributed by atoms with Crippen molar-refractivity contribution in [3.05, 3.63) is 45.6 Å². The maximum Gasteiger partial charge on any atom is 0.203 e. The lowest BCUT2D eigenvalue weighted by Crippen LogP contribution is -2.32. The van der Waals surface area contributed by atoms with Gasteiger partial charge in [0.15, 0.2) is 11.5 Å². The second-order valence-electron chi connectivity index (χ2n) is 7.59. The molecule has 2 aromatic rings. The van der Waals surface area contributed by atoms with Crippen LogP contribution in [-0.2, 0) is 6.42 Å². The fourth-order valence-corrected chi connectivity index (χ4v) is 4.46. The third-order valence-corrected chi connectivity index (χ3v) is 5.95. The summed E-state index contributed by atoms with van der Waals surface area (Å²) >= 11 is 0. The van der Waals surface area contributed by atoms with E-state index in [1.807, 2.05) is 19.2 Å². The highest BCUT2D eigenvalue weighted by Gasteiger charge is 2.28. The third kappa shape index (κ3) is 4.39. The van der Waals surface area contributed by atoms with Crippen molar-refractivity contribution in [3.63, 3.8) is 0 Å². The molecule has 0 heterocycles. The molecule has 1 atom stereocenters. The van der Waals surface area contributed by atoms with Gasteiger partial charge in [-0.25, -0.2) is 0 Å². The molecule has 1 aliphatic rings. The Morgan fingerprint density at radius 1 is 1.03 bits per heavy atom. The number of ether oxygens (including phenoxy) is 3. The molecular formula is C24H32N2O6. The van der Waals surface area contributed by atoms with Crippen molar-refractivity contribution in [3.8, 4) is 28.4 Å². The molecule has 0 saturated heterocycles. The van der Waals surface area contributed by atoms with Gasteiger partial charge in [-0.3, -0.25) is 4.79 Å². The summed E-state index contributed by atoms with van der Waals surface area (Å²) in [7, 11) is 6.64. The van der Waals surface area contributed by atoms with E-state index in [2.05, 4.69) is 5.32 Å². The number of hydrogen-bond acceptors (Lipinski definition) is 8. The molecule has 32 heavy (non-hydrogen) atoms. The lowest BCUT2D eigenvalue weighted by Gasteiger charge is -2.21. The second kappa shape index (κ2) is 10.7. The number of aliphatic hydroxyl groups is 2. The van der Waals surface area contributed by atoms with Crippen LogP contribution in [0.3, 0.4) is 0 Å². The van der Waals surface area contributed by atoms with Gasteiger partial charge in [0.2, 0.25) is 11.2 Å². The summed E-state index contributed by atoms with van der Waals surface area (Å²) in [6, 6.07) is 7.24. The molecule has 0 aromatic heterocycles. The number of nitrogens with one attached hydrogen (secondary N) is 1. The molecule has 8 heteroatoms. The monoisotopic (exact) mass is 444 g/mol. The van der Waals surface area contributed by atoms with E-state index >= 15 is 0 Å². The molecule has 0 fully saturated rings. The number of rotatable bonds is 9. The van der Waals surface area contributed by atoms with E-state index in [0.29, 0.717) is 22.9 Å². The zero-order valence-electron chi connectivity index (χ0n) is 19.1. The van der Waals surface area contributed by atoms with Crippen molar-refractivity contribution >= 4 is 5.69 Å². The molecule has 174 valence electrons. The Kier molecular flexibility index (Phi) is 7.95. The van der Waals surface area contributed by atoms with Crippen LogP contribution in [0, 0.1) is 0 Å². The lowest BCUT2D eigenvalue weighted by molar-refractivity contribution is 0.281. The van der Waals surface area contributed by atoms with Crippen LogP contribution in [0.2, 0.25) is 0 Å². The first-order chi connectivity index (χ1) is 15.5. The molecule has 0 bridgehead atoms. The highest BCUT2D eigenvalue weighted by molar-refractivity contribution is 5.83. The second-order valence-corrected chi connectivity index (χ2v) is 7.59. The van der Waals surface area contributed by atoms with Crippen LogP contribution in [0.5, 0.6) is 17.2 Å². The van der Waals surface area contributed by atoms with E-state index in [1.165, 1.54) is 0 Å². The molecule has 1 aliphatic carbocycles. The average molecular weight is 445 g/mol. The Morgan fingerprint density at radius 3 is 2.28 bits per heavy atom. The highest BCUT2D eigenvalue weighted by atomic mass is 16.5. The maximum absolute atomic E-state index is 13.2. The number of benzene rings is 1. The maximum atomic E-state index is 13.2. The van der Waals surface area contributed by atoms with Gasteiger partial charge in [0, 0.05) is 24.7 Å². The van der Waals surface area contributed by atoms with Crippen LogP contribution in [0.1, 0.15) is 23.6 Å². The van der Waals surface area contributed by atoms with Gasteiger partial charge in [0.1, 0.15) is 0 Å². The van der Waals surface area contributed by atoms with Crippen LogP contribution in [0.4, 0.5) is 5.69 Å². The fraction of sp³-hybridized carbons (Fsp3) is 0.458. The van der Waals surface area contributed by atoms with E-state index in [1.54, 1.807) is 38.4 Å². The van der Waals surface area contributed by atoms with Crippen molar-refractivity contribution in [2.75, 3.05) is 59.6 Å². The molecule has 0 spiro atoms. The van der Waals surface area contributed by atoms with Gasteiger partial charge >= 0.3 is 0 Å². The number of fused-ring (bicyclic) bond motifs is 3. The van der Waals surface area contributed by atoms with Gasteiger partial charge in [0.25, 0.3) is 0 Å². The lowest BCUT2D eigenvalue weighted by atomic mass is 9.95. The quantitative estimate of drug-likeness (QED) is 0.538. The van der Waals surface area contributed by atoms with Crippen LogP contribution in [0.25, 0.3) is 11.1 Å². The van der Waals surface area contributed by atoms with Crippen LogP contribution < -0.4 is 29.9 Å². The SMILES string of the molecule is CNC1CCc2cc(OC)c(OC)c(OC)c2-c2ccc(N(CCO)CCO)c(=O)cc21. The molecule has 3 rings (SSSR count). The molecule has 0 aliphatic heterocycles. The standard InChI is InChI=1S/C24H32N2O6/c1-25-18-7-5-15-13-21(30-2)23(31-3)24(32-4)22(15)16-6-8-19(20(29)14-17(16)18)26(9-11-27)10-12-28/h6,8,13-14,18,25,27-28H,5,7,9-12H2,1-4H3. The first-order valence-electron chi connectivity index (χ1n) is 10.7. The summed E-state index contributed by atoms with van der Waals surface area (Å²) in [5.74, 6) is 1.65. The van der Waals surface area contributed by atoms with Crippen LogP contribution in [-0.4, -0.2) is 64.9 Å². The first kappa shape index (κ1) is 23.8. The summed E-state index contributed by atoms with van der Waals surface area (Å²) in [4.78, 5) is 14.9. The summed E-state index contributed by atoms with van der Waals surface area (Å²) in [5.41, 5.74) is 3.90. The number of hydrogen-bond donors (Lipinski definition) is 3. The minimum absolute atomic E-state index is 0.0452. The van der Waals surface area contributed by atoms with Crippen molar-refractivity contribution in [1.82, 2.24) is 5.32 Å². The first-order valence-corrected chi connectivity index (χ1v) is 10.7. The average Bonchev–Trinajstić information content (AvgIpc) is 3.05. The zero-order valence-corrected chi connectivity index (χ0v) is 19.1. The molecule has 3 N–H and O–H groups in total. The number of aliphatic hydroxyl groups excluding tert-OH is 2. The Morgan fingerprint density at radius 2 is 1.72 bits per heavy atom. The number of anilines is 1. The highest BCUT2D eigenvalue weighted by Crippen LogP contribution is 2.50. The largest absolute Gasteiger partial charge is 0.493 e. The summed E-state index contributed by atoms with van der Waals surface area (Å²) < 4.78 is 17.0. The number of aryl methyl sites for hydroxylation is 1. The molecule has 2 aromatic carbocycles. The molecule has 8 nitrogen and oxygen atoms in total. The number of methoxy groups -OCH3 is 3. The van der Waals surface area contributed by atoms with Crippen LogP contribution >= 0.6 is 0 Å². The molecular weight excluding hydrogens is 412 g/mol.